The number of hydrogen-bond acceptors (Lipinski definition) is 2. The summed E-state index contributed by atoms with van der Waals surface area (Å²) in [5.41, 5.74) is 0. The van der Waals surface area contributed by atoms with Gasteiger partial charge in [-0.25, -0.2) is 0 Å². The molecular formula is C21H19AsO2. The van der Waals surface area contributed by atoms with Gasteiger partial charge in [0.1, 0.15) is 0 Å². The minimum atomic E-state index is -2.86. The van der Waals surface area contributed by atoms with E-state index in [2.05, 4.69) is 36.4 Å². The summed E-state index contributed by atoms with van der Waals surface area (Å²) < 4.78 is 3.78. The zero-order valence-electron chi connectivity index (χ0n) is 13.3. The quantitative estimate of drug-likeness (QED) is 0.607. The monoisotopic (exact) mass is 378 g/mol. The van der Waals surface area contributed by atoms with E-state index >= 15 is 0 Å². The maximum absolute atomic E-state index is 11.3. The first kappa shape index (κ1) is 16.5. The number of carboxylic acids is 1. The Labute approximate surface area is 145 Å². The molecule has 0 spiro atoms. The van der Waals surface area contributed by atoms with Crippen LogP contribution in [0.2, 0.25) is 5.21 Å². The normalized spacial score (nSPS) is 11.2. The van der Waals surface area contributed by atoms with Crippen molar-refractivity contribution in [2.75, 3.05) is 0 Å². The van der Waals surface area contributed by atoms with Crippen molar-refractivity contribution in [2.45, 2.75) is 11.6 Å². The summed E-state index contributed by atoms with van der Waals surface area (Å²) in [6, 6.07) is 31.1. The van der Waals surface area contributed by atoms with E-state index in [1.54, 1.807) is 0 Å². The fourth-order valence-electron chi connectivity index (χ4n) is 3.14. The topological polar surface area (TPSA) is 40.1 Å². The van der Waals surface area contributed by atoms with Crippen molar-refractivity contribution in [1.29, 1.82) is 0 Å². The first-order chi connectivity index (χ1) is 11.7. The Kier molecular flexibility index (Phi) is 5.17. The van der Waals surface area contributed by atoms with Crippen molar-refractivity contribution < 1.29 is 9.90 Å². The second-order valence-corrected chi connectivity index (χ2v) is 13.2. The molecule has 3 aromatic rings. The Morgan fingerprint density at radius 3 is 1.29 bits per heavy atom. The van der Waals surface area contributed by atoms with E-state index in [-0.39, 0.29) is 6.42 Å². The van der Waals surface area contributed by atoms with Crippen molar-refractivity contribution in [3.05, 3.63) is 91.0 Å². The van der Waals surface area contributed by atoms with Crippen LogP contribution >= 0.6 is 0 Å². The molecule has 0 aliphatic carbocycles. The molecule has 3 rings (SSSR count). The van der Waals surface area contributed by atoms with Crippen LogP contribution in [0.5, 0.6) is 0 Å². The molecule has 3 heteroatoms. The Bertz CT molecular complexity index is 689. The van der Waals surface area contributed by atoms with Crippen LogP contribution in [0.4, 0.5) is 0 Å². The molecule has 0 radical (unpaired) electrons. The zero-order chi connectivity index (χ0) is 16.8. The van der Waals surface area contributed by atoms with Gasteiger partial charge < -0.3 is 0 Å². The number of carbonyl (C=O) groups excluding carboxylic acids is 1. The van der Waals surface area contributed by atoms with E-state index in [1.165, 1.54) is 13.1 Å². The van der Waals surface area contributed by atoms with E-state index in [4.69, 9.17) is 0 Å². The molecule has 0 aromatic heterocycles. The summed E-state index contributed by atoms with van der Waals surface area (Å²) >= 11 is -2.86. The number of carbonyl (C=O) groups is 1. The van der Waals surface area contributed by atoms with E-state index in [1.807, 2.05) is 54.6 Å². The molecule has 0 amide bonds. The van der Waals surface area contributed by atoms with Crippen molar-refractivity contribution in [3.63, 3.8) is 0 Å². The molecule has 0 fully saturated rings. The Balaban J connectivity index is 2.26. The summed E-state index contributed by atoms with van der Waals surface area (Å²) in [4.78, 5) is 11.3. The van der Waals surface area contributed by atoms with E-state index in [0.29, 0.717) is 5.21 Å². The molecule has 0 atom stereocenters. The van der Waals surface area contributed by atoms with Gasteiger partial charge in [0.15, 0.2) is 0 Å². The van der Waals surface area contributed by atoms with Crippen molar-refractivity contribution in [3.8, 4) is 0 Å². The molecular weight excluding hydrogens is 359 g/mol. The minimum absolute atomic E-state index is 0.0751. The number of carboxylic acid groups (broad SMARTS) is 1. The second-order valence-electron chi connectivity index (χ2n) is 5.66. The molecule has 0 saturated heterocycles. The van der Waals surface area contributed by atoms with Crippen LogP contribution < -0.4 is 18.2 Å². The number of aliphatic carboxylic acids is 1. The number of hydrogen-bond donors (Lipinski definition) is 0. The molecule has 24 heavy (non-hydrogen) atoms. The number of rotatable bonds is 6. The Hall–Kier alpha value is -2.31. The van der Waals surface area contributed by atoms with Gasteiger partial charge in [-0.1, -0.05) is 0 Å². The molecule has 0 unspecified atom stereocenters. The third kappa shape index (κ3) is 3.29. The molecule has 0 saturated carbocycles. The standard InChI is InChI=1S/C21H19AsO2/c23-21(24)16-17-22(18-10-4-1-5-11-18,19-12-6-2-7-13-19)20-14-8-3-9-15-20/h1-15H,16-17H2. The predicted molar refractivity (Wildman–Crippen MR) is 98.4 cm³/mol. The van der Waals surface area contributed by atoms with Gasteiger partial charge in [0.2, 0.25) is 0 Å². The van der Waals surface area contributed by atoms with Crippen LogP contribution in [-0.4, -0.2) is 19.5 Å². The van der Waals surface area contributed by atoms with Crippen LogP contribution in [0.25, 0.3) is 0 Å². The Morgan fingerprint density at radius 2 is 1.00 bits per heavy atom. The molecule has 0 N–H and O–H groups in total. The van der Waals surface area contributed by atoms with Crippen molar-refractivity contribution in [1.82, 2.24) is 0 Å². The van der Waals surface area contributed by atoms with Gasteiger partial charge in [0.05, 0.1) is 0 Å². The van der Waals surface area contributed by atoms with Crippen LogP contribution in [-0.2, 0) is 4.79 Å². The Morgan fingerprint density at radius 1 is 0.667 bits per heavy atom. The van der Waals surface area contributed by atoms with Gasteiger partial charge >= 0.3 is 145 Å². The van der Waals surface area contributed by atoms with Gasteiger partial charge in [-0.05, 0) is 0 Å². The third-order valence-electron chi connectivity index (χ3n) is 4.24. The molecule has 0 heterocycles. The fraction of sp³-hybridized carbons (Fsp3) is 0.0952. The first-order valence-electron chi connectivity index (χ1n) is 7.98. The average molecular weight is 378 g/mol. The van der Waals surface area contributed by atoms with Gasteiger partial charge in [0.25, 0.3) is 0 Å². The van der Waals surface area contributed by atoms with E-state index in [9.17, 15) is 9.90 Å². The predicted octanol–water partition coefficient (Wildman–Crippen LogP) is 1.30. The van der Waals surface area contributed by atoms with Crippen molar-refractivity contribution in [2.24, 2.45) is 0 Å². The van der Waals surface area contributed by atoms with Gasteiger partial charge in [-0.2, -0.15) is 0 Å². The zero-order valence-corrected chi connectivity index (χ0v) is 15.2. The first-order valence-corrected chi connectivity index (χ1v) is 12.1. The SMILES string of the molecule is O=C([O-])CC[As+](c1ccccc1)(c1ccccc1)c1ccccc1. The van der Waals surface area contributed by atoms with Crippen LogP contribution in [0.3, 0.4) is 0 Å². The molecule has 2 nitrogen and oxygen atoms in total. The van der Waals surface area contributed by atoms with Gasteiger partial charge in [-0.3, -0.25) is 0 Å². The molecule has 0 aliphatic heterocycles. The van der Waals surface area contributed by atoms with E-state index in [0.717, 1.165) is 0 Å². The second kappa shape index (κ2) is 7.51. The summed E-state index contributed by atoms with van der Waals surface area (Å²) in [5, 5.41) is 11.9. The third-order valence-corrected chi connectivity index (χ3v) is 13.5. The van der Waals surface area contributed by atoms with E-state index < -0.39 is 19.5 Å². The summed E-state index contributed by atoms with van der Waals surface area (Å²) in [6.45, 7) is 0. The molecule has 3 aromatic carbocycles. The van der Waals surface area contributed by atoms with Crippen LogP contribution in [0, 0.1) is 0 Å². The summed E-state index contributed by atoms with van der Waals surface area (Å²) in [7, 11) is 0. The van der Waals surface area contributed by atoms with Crippen molar-refractivity contribution >= 4 is 32.6 Å². The van der Waals surface area contributed by atoms with Gasteiger partial charge in [-0.15, -0.1) is 0 Å². The number of benzene rings is 3. The maximum atomic E-state index is 11.3. The summed E-state index contributed by atoms with van der Waals surface area (Å²) in [6.07, 6.45) is 0.0751. The molecule has 120 valence electrons. The molecule has 0 bridgehead atoms. The average Bonchev–Trinajstić information content (AvgIpc) is 2.65. The fourth-order valence-corrected chi connectivity index (χ4v) is 12.0. The van der Waals surface area contributed by atoms with Crippen LogP contribution in [0.1, 0.15) is 6.42 Å². The summed E-state index contributed by atoms with van der Waals surface area (Å²) in [5.74, 6) is -0.983. The molecule has 0 aliphatic rings. The van der Waals surface area contributed by atoms with Gasteiger partial charge in [0, 0.05) is 0 Å². The van der Waals surface area contributed by atoms with Crippen LogP contribution in [0.15, 0.2) is 91.0 Å².